The van der Waals surface area contributed by atoms with E-state index in [0.29, 0.717) is 29.4 Å². The summed E-state index contributed by atoms with van der Waals surface area (Å²) >= 11 is 0. The van der Waals surface area contributed by atoms with Crippen LogP contribution in [0.5, 0.6) is 11.6 Å². The Hall–Kier alpha value is -3.48. The average molecular weight is 367 g/mol. The molecule has 0 saturated heterocycles. The van der Waals surface area contributed by atoms with Crippen LogP contribution >= 0.6 is 0 Å². The van der Waals surface area contributed by atoms with Crippen molar-refractivity contribution in [1.29, 1.82) is 0 Å². The number of benzene rings is 2. The molecule has 0 saturated carbocycles. The highest BCUT2D eigenvalue weighted by molar-refractivity contribution is 5.94. The number of amides is 1. The third-order valence-electron chi connectivity index (χ3n) is 3.77. The van der Waals surface area contributed by atoms with Gasteiger partial charge in [-0.3, -0.25) is 4.79 Å². The topological polar surface area (TPSA) is 73.3 Å². The summed E-state index contributed by atoms with van der Waals surface area (Å²) in [5.74, 6) is 0.541. The number of hydrogen-bond donors (Lipinski definition) is 1. The smallest absolute Gasteiger partial charge is 0.251 e. The van der Waals surface area contributed by atoms with E-state index < -0.39 is 0 Å². The van der Waals surface area contributed by atoms with E-state index in [0.717, 1.165) is 5.56 Å². The van der Waals surface area contributed by atoms with E-state index in [4.69, 9.17) is 9.47 Å². The normalized spacial score (nSPS) is 10.3. The number of rotatable bonds is 7. The minimum atomic E-state index is -0.302. The standard InChI is InChI=1S/C20H18FN3O3/c1-26-17-8-4-15(5-9-17)20(25)22-12-13-27-19-11-10-18(23-24-19)14-2-6-16(21)7-3-14/h2-11H,12-13H2,1H3,(H,22,25). The Morgan fingerprint density at radius 3 is 2.37 bits per heavy atom. The zero-order chi connectivity index (χ0) is 19.1. The largest absolute Gasteiger partial charge is 0.497 e. The van der Waals surface area contributed by atoms with Crippen LogP contribution in [0, 0.1) is 5.82 Å². The van der Waals surface area contributed by atoms with E-state index in [-0.39, 0.29) is 18.3 Å². The Labute approximate surface area is 156 Å². The molecule has 0 aliphatic rings. The van der Waals surface area contributed by atoms with Crippen LogP contribution in [-0.2, 0) is 0 Å². The Kier molecular flexibility index (Phi) is 5.94. The predicted molar refractivity (Wildman–Crippen MR) is 98.2 cm³/mol. The maximum absolute atomic E-state index is 12.9. The first kappa shape index (κ1) is 18.3. The van der Waals surface area contributed by atoms with Crippen molar-refractivity contribution in [3.8, 4) is 22.9 Å². The number of hydrogen-bond acceptors (Lipinski definition) is 5. The van der Waals surface area contributed by atoms with Crippen LogP contribution in [0.4, 0.5) is 4.39 Å². The van der Waals surface area contributed by atoms with Gasteiger partial charge in [0.2, 0.25) is 5.88 Å². The number of carbonyl (C=O) groups excluding carboxylic acids is 1. The van der Waals surface area contributed by atoms with Gasteiger partial charge in [0.15, 0.2) is 0 Å². The van der Waals surface area contributed by atoms with Gasteiger partial charge < -0.3 is 14.8 Å². The molecule has 6 nitrogen and oxygen atoms in total. The van der Waals surface area contributed by atoms with Crippen LogP contribution in [0.2, 0.25) is 0 Å². The van der Waals surface area contributed by atoms with Crippen molar-refractivity contribution in [2.24, 2.45) is 0 Å². The van der Waals surface area contributed by atoms with Gasteiger partial charge in [-0.15, -0.1) is 10.2 Å². The average Bonchev–Trinajstić information content (AvgIpc) is 2.72. The van der Waals surface area contributed by atoms with Gasteiger partial charge in [-0.05, 0) is 54.6 Å². The molecule has 1 aromatic heterocycles. The van der Waals surface area contributed by atoms with Crippen molar-refractivity contribution in [1.82, 2.24) is 15.5 Å². The summed E-state index contributed by atoms with van der Waals surface area (Å²) in [5, 5.41) is 10.8. The summed E-state index contributed by atoms with van der Waals surface area (Å²) in [6, 6.07) is 16.3. The SMILES string of the molecule is COc1ccc(C(=O)NCCOc2ccc(-c3ccc(F)cc3)nn2)cc1. The molecule has 0 spiro atoms. The molecule has 0 atom stereocenters. The van der Waals surface area contributed by atoms with E-state index in [1.807, 2.05) is 0 Å². The lowest BCUT2D eigenvalue weighted by Crippen LogP contribution is -2.28. The van der Waals surface area contributed by atoms with Crippen LogP contribution in [0.15, 0.2) is 60.7 Å². The number of nitrogens with one attached hydrogen (secondary N) is 1. The number of methoxy groups -OCH3 is 1. The second kappa shape index (κ2) is 8.75. The number of aromatic nitrogens is 2. The highest BCUT2D eigenvalue weighted by Crippen LogP contribution is 2.18. The van der Waals surface area contributed by atoms with Crippen molar-refractivity contribution < 1.29 is 18.7 Å². The monoisotopic (exact) mass is 367 g/mol. The summed E-state index contributed by atoms with van der Waals surface area (Å²) in [6.45, 7) is 0.582. The second-order valence-electron chi connectivity index (χ2n) is 5.60. The third kappa shape index (κ3) is 5.01. The lowest BCUT2D eigenvalue weighted by atomic mass is 10.1. The highest BCUT2D eigenvalue weighted by Gasteiger charge is 2.06. The summed E-state index contributed by atoms with van der Waals surface area (Å²) in [6.07, 6.45) is 0. The highest BCUT2D eigenvalue weighted by atomic mass is 19.1. The van der Waals surface area contributed by atoms with Gasteiger partial charge in [-0.2, -0.15) is 0 Å². The molecule has 1 N–H and O–H groups in total. The number of halogens is 1. The molecule has 2 aromatic carbocycles. The van der Waals surface area contributed by atoms with Gasteiger partial charge in [-0.1, -0.05) is 0 Å². The molecule has 7 heteroatoms. The van der Waals surface area contributed by atoms with Gasteiger partial charge >= 0.3 is 0 Å². The molecular formula is C20H18FN3O3. The maximum atomic E-state index is 12.9. The van der Waals surface area contributed by atoms with Crippen LogP contribution in [0.3, 0.4) is 0 Å². The summed E-state index contributed by atoms with van der Waals surface area (Å²) in [7, 11) is 1.57. The molecule has 0 fully saturated rings. The Balaban J connectivity index is 1.46. The number of nitrogens with zero attached hydrogens (tertiary/aromatic N) is 2. The van der Waals surface area contributed by atoms with Gasteiger partial charge in [-0.25, -0.2) is 4.39 Å². The molecule has 0 radical (unpaired) electrons. The Morgan fingerprint density at radius 2 is 1.74 bits per heavy atom. The van der Waals surface area contributed by atoms with Crippen LogP contribution in [-0.4, -0.2) is 36.4 Å². The van der Waals surface area contributed by atoms with Crippen LogP contribution < -0.4 is 14.8 Å². The molecule has 3 rings (SSSR count). The Morgan fingerprint density at radius 1 is 1.00 bits per heavy atom. The molecule has 1 amide bonds. The van der Waals surface area contributed by atoms with Crippen molar-refractivity contribution >= 4 is 5.91 Å². The van der Waals surface area contributed by atoms with Gasteiger partial charge in [0.1, 0.15) is 18.2 Å². The lowest BCUT2D eigenvalue weighted by molar-refractivity contribution is 0.0946. The third-order valence-corrected chi connectivity index (χ3v) is 3.77. The first-order valence-electron chi connectivity index (χ1n) is 8.30. The van der Waals surface area contributed by atoms with E-state index >= 15 is 0 Å². The summed E-state index contributed by atoms with van der Waals surface area (Å²) in [4.78, 5) is 12.0. The lowest BCUT2D eigenvalue weighted by Gasteiger charge is -2.08. The van der Waals surface area contributed by atoms with Crippen molar-refractivity contribution in [3.63, 3.8) is 0 Å². The number of ether oxygens (including phenoxy) is 2. The predicted octanol–water partition coefficient (Wildman–Crippen LogP) is 3.10. The van der Waals surface area contributed by atoms with Crippen molar-refractivity contribution in [2.45, 2.75) is 0 Å². The van der Waals surface area contributed by atoms with Crippen molar-refractivity contribution in [3.05, 3.63) is 72.0 Å². The fourth-order valence-electron chi connectivity index (χ4n) is 2.34. The minimum absolute atomic E-state index is 0.195. The fraction of sp³-hybridized carbons (Fsp3) is 0.150. The molecule has 0 aliphatic carbocycles. The molecule has 0 unspecified atom stereocenters. The zero-order valence-corrected chi connectivity index (χ0v) is 14.7. The summed E-state index contributed by atoms with van der Waals surface area (Å²) in [5.41, 5.74) is 1.93. The first-order chi connectivity index (χ1) is 13.2. The molecule has 138 valence electrons. The minimum Gasteiger partial charge on any atom is -0.497 e. The van der Waals surface area contributed by atoms with Gasteiger partial charge in [0.25, 0.3) is 5.91 Å². The van der Waals surface area contributed by atoms with Crippen LogP contribution in [0.25, 0.3) is 11.3 Å². The number of carbonyl (C=O) groups is 1. The van der Waals surface area contributed by atoms with Gasteiger partial charge in [0.05, 0.1) is 19.3 Å². The Bertz CT molecular complexity index is 882. The molecule has 0 bridgehead atoms. The fourth-order valence-corrected chi connectivity index (χ4v) is 2.34. The van der Waals surface area contributed by atoms with E-state index in [1.54, 1.807) is 55.6 Å². The maximum Gasteiger partial charge on any atom is 0.251 e. The van der Waals surface area contributed by atoms with E-state index in [2.05, 4.69) is 15.5 Å². The molecule has 27 heavy (non-hydrogen) atoms. The van der Waals surface area contributed by atoms with E-state index in [9.17, 15) is 9.18 Å². The molecular weight excluding hydrogens is 349 g/mol. The molecule has 1 heterocycles. The second-order valence-corrected chi connectivity index (χ2v) is 5.60. The van der Waals surface area contributed by atoms with Crippen LogP contribution in [0.1, 0.15) is 10.4 Å². The first-order valence-corrected chi connectivity index (χ1v) is 8.30. The quantitative estimate of drug-likeness (QED) is 0.650. The van der Waals surface area contributed by atoms with E-state index in [1.165, 1.54) is 12.1 Å². The molecule has 0 aliphatic heterocycles. The van der Waals surface area contributed by atoms with Gasteiger partial charge in [0, 0.05) is 17.2 Å². The van der Waals surface area contributed by atoms with Crippen molar-refractivity contribution in [2.75, 3.05) is 20.3 Å². The summed E-state index contributed by atoms with van der Waals surface area (Å²) < 4.78 is 23.5. The molecule has 3 aromatic rings. The zero-order valence-electron chi connectivity index (χ0n) is 14.7.